The summed E-state index contributed by atoms with van der Waals surface area (Å²) >= 11 is 0. The standard InChI is InChI=1S/C34H43N5O3/c1-25-22-38(26(2)21-37(25)23-27-10-5-4-6-11-27)33(30-12-9-13-31(20-30)42-3)28-15-17-29(18-16-28)34-35-24-36-39(34)19-8-7-14-32(40)41/h4-6,9-13,15-18,20,24-26,33-34H,7-8,14,19,21-23H2,1-3H3,(H,35,36)(H,40,41)/t25-,26+,33-,34?/m1/s1. The number of piperazine rings is 1. The largest absolute Gasteiger partial charge is 0.497 e. The van der Waals surface area contributed by atoms with Crippen molar-refractivity contribution in [2.45, 2.75) is 63.9 Å². The summed E-state index contributed by atoms with van der Waals surface area (Å²) in [4.78, 5) is 20.8. The van der Waals surface area contributed by atoms with Gasteiger partial charge in [0.2, 0.25) is 0 Å². The molecule has 0 bridgehead atoms. The van der Waals surface area contributed by atoms with E-state index in [1.54, 1.807) is 13.4 Å². The molecule has 0 amide bonds. The summed E-state index contributed by atoms with van der Waals surface area (Å²) in [5, 5.41) is 11.0. The minimum Gasteiger partial charge on any atom is -0.497 e. The number of rotatable bonds is 12. The lowest BCUT2D eigenvalue weighted by Crippen LogP contribution is -2.56. The molecule has 8 heteroatoms. The third-order valence-electron chi connectivity index (χ3n) is 8.46. The van der Waals surface area contributed by atoms with E-state index < -0.39 is 5.97 Å². The van der Waals surface area contributed by atoms with E-state index >= 15 is 0 Å². The van der Waals surface area contributed by atoms with E-state index in [1.807, 2.05) is 6.07 Å². The van der Waals surface area contributed by atoms with Gasteiger partial charge in [0.25, 0.3) is 0 Å². The van der Waals surface area contributed by atoms with Gasteiger partial charge < -0.3 is 15.3 Å². The van der Waals surface area contributed by atoms with Crippen molar-refractivity contribution < 1.29 is 14.6 Å². The number of hydrogen-bond acceptors (Lipinski definition) is 7. The Morgan fingerprint density at radius 1 is 0.976 bits per heavy atom. The molecule has 2 aliphatic heterocycles. The summed E-state index contributed by atoms with van der Waals surface area (Å²) in [5.41, 5.74) is 8.14. The summed E-state index contributed by atoms with van der Waals surface area (Å²) in [6.45, 7) is 8.32. The first kappa shape index (κ1) is 29.8. The van der Waals surface area contributed by atoms with Gasteiger partial charge in [-0.3, -0.25) is 14.6 Å². The van der Waals surface area contributed by atoms with E-state index in [4.69, 9.17) is 9.84 Å². The van der Waals surface area contributed by atoms with Gasteiger partial charge in [-0.1, -0.05) is 66.7 Å². The van der Waals surface area contributed by atoms with Crippen LogP contribution in [0.25, 0.3) is 0 Å². The number of ether oxygens (including phenoxy) is 1. The van der Waals surface area contributed by atoms with E-state index in [0.29, 0.717) is 18.5 Å². The molecule has 2 heterocycles. The number of methoxy groups -OCH3 is 1. The van der Waals surface area contributed by atoms with Crippen molar-refractivity contribution in [1.29, 1.82) is 0 Å². The van der Waals surface area contributed by atoms with Gasteiger partial charge in [0.1, 0.15) is 11.9 Å². The predicted octanol–water partition coefficient (Wildman–Crippen LogP) is 5.48. The Balaban J connectivity index is 1.36. The van der Waals surface area contributed by atoms with Gasteiger partial charge in [0.15, 0.2) is 0 Å². The summed E-state index contributed by atoms with van der Waals surface area (Å²) in [7, 11) is 1.72. The van der Waals surface area contributed by atoms with Crippen LogP contribution in [-0.4, -0.2) is 71.1 Å². The van der Waals surface area contributed by atoms with Crippen LogP contribution in [0.3, 0.4) is 0 Å². The molecular weight excluding hydrogens is 526 g/mol. The molecule has 222 valence electrons. The molecule has 2 aliphatic rings. The van der Waals surface area contributed by atoms with Crippen LogP contribution in [0.2, 0.25) is 0 Å². The Morgan fingerprint density at radius 2 is 1.76 bits per heavy atom. The average molecular weight is 570 g/mol. The van der Waals surface area contributed by atoms with E-state index in [9.17, 15) is 4.79 Å². The van der Waals surface area contributed by atoms with Crippen molar-refractivity contribution in [3.63, 3.8) is 0 Å². The maximum Gasteiger partial charge on any atom is 0.303 e. The monoisotopic (exact) mass is 569 g/mol. The van der Waals surface area contributed by atoms with Crippen LogP contribution in [-0.2, 0) is 11.3 Å². The number of aliphatic carboxylic acids is 1. The minimum absolute atomic E-state index is 0.0859. The highest BCUT2D eigenvalue weighted by Gasteiger charge is 2.35. The predicted molar refractivity (Wildman–Crippen MR) is 166 cm³/mol. The third kappa shape index (κ3) is 7.18. The van der Waals surface area contributed by atoms with Crippen molar-refractivity contribution in [3.05, 3.63) is 101 Å². The van der Waals surface area contributed by atoms with Gasteiger partial charge in [-0.25, -0.2) is 4.99 Å². The SMILES string of the molecule is COc1cccc([C@@H](c2ccc(C3N=CNN3CCCCC(=O)O)cc2)N2C[C@@H](C)N(Cc3ccccc3)C[C@@H]2C)c1. The van der Waals surface area contributed by atoms with Gasteiger partial charge >= 0.3 is 5.97 Å². The number of hydrogen-bond donors (Lipinski definition) is 2. The zero-order valence-corrected chi connectivity index (χ0v) is 24.9. The van der Waals surface area contributed by atoms with E-state index in [0.717, 1.165) is 43.9 Å². The number of aliphatic imine (C=N–C) groups is 1. The highest BCUT2D eigenvalue weighted by atomic mass is 16.5. The van der Waals surface area contributed by atoms with E-state index in [-0.39, 0.29) is 18.6 Å². The summed E-state index contributed by atoms with van der Waals surface area (Å²) in [6, 6.07) is 28.9. The van der Waals surface area contributed by atoms with Crippen LogP contribution >= 0.6 is 0 Å². The molecule has 2 N–H and O–H groups in total. The molecule has 5 rings (SSSR count). The summed E-state index contributed by atoms with van der Waals surface area (Å²) < 4.78 is 5.62. The fourth-order valence-electron chi connectivity index (χ4n) is 6.20. The second-order valence-corrected chi connectivity index (χ2v) is 11.5. The molecule has 0 aliphatic carbocycles. The highest BCUT2D eigenvalue weighted by Crippen LogP contribution is 2.36. The molecular formula is C34H43N5O3. The quantitative estimate of drug-likeness (QED) is 0.280. The molecule has 1 saturated heterocycles. The minimum atomic E-state index is -0.750. The number of carboxylic acids is 1. The van der Waals surface area contributed by atoms with Crippen molar-refractivity contribution >= 4 is 12.3 Å². The lowest BCUT2D eigenvalue weighted by Gasteiger charge is -2.47. The number of hydrazine groups is 1. The second kappa shape index (κ2) is 14.0. The number of nitrogens with one attached hydrogen (secondary N) is 1. The van der Waals surface area contributed by atoms with Gasteiger partial charge in [-0.15, -0.1) is 0 Å². The van der Waals surface area contributed by atoms with Crippen LogP contribution in [0.1, 0.15) is 67.6 Å². The Bertz CT molecular complexity index is 1330. The smallest absolute Gasteiger partial charge is 0.303 e. The van der Waals surface area contributed by atoms with Crippen molar-refractivity contribution in [2.75, 3.05) is 26.7 Å². The number of unbranched alkanes of at least 4 members (excludes halogenated alkanes) is 1. The normalized spacial score (nSPS) is 22.1. The number of nitrogens with zero attached hydrogens (tertiary/aromatic N) is 4. The molecule has 0 aromatic heterocycles. The molecule has 0 saturated carbocycles. The van der Waals surface area contributed by atoms with Crippen LogP contribution in [0.4, 0.5) is 0 Å². The van der Waals surface area contributed by atoms with Crippen LogP contribution in [0.15, 0.2) is 83.9 Å². The maximum atomic E-state index is 10.9. The fourth-order valence-corrected chi connectivity index (χ4v) is 6.20. The van der Waals surface area contributed by atoms with Crippen LogP contribution < -0.4 is 10.2 Å². The molecule has 0 radical (unpaired) electrons. The van der Waals surface area contributed by atoms with Crippen molar-refractivity contribution in [1.82, 2.24) is 20.2 Å². The molecule has 3 aromatic carbocycles. The first-order chi connectivity index (χ1) is 20.4. The topological polar surface area (TPSA) is 80.6 Å². The molecule has 8 nitrogen and oxygen atoms in total. The summed E-state index contributed by atoms with van der Waals surface area (Å²) in [5.74, 6) is 0.113. The fraction of sp³-hybridized carbons (Fsp3) is 0.412. The Kier molecular flexibility index (Phi) is 9.89. The average Bonchev–Trinajstić information content (AvgIpc) is 3.47. The highest BCUT2D eigenvalue weighted by molar-refractivity contribution is 5.66. The van der Waals surface area contributed by atoms with Crippen LogP contribution in [0.5, 0.6) is 5.75 Å². The van der Waals surface area contributed by atoms with Crippen molar-refractivity contribution in [2.24, 2.45) is 4.99 Å². The molecule has 4 atom stereocenters. The number of benzene rings is 3. The lowest BCUT2D eigenvalue weighted by atomic mass is 9.92. The van der Waals surface area contributed by atoms with Gasteiger partial charge in [0.05, 0.1) is 19.5 Å². The van der Waals surface area contributed by atoms with Gasteiger partial charge in [-0.2, -0.15) is 5.01 Å². The molecule has 1 fully saturated rings. The lowest BCUT2D eigenvalue weighted by molar-refractivity contribution is -0.137. The zero-order chi connectivity index (χ0) is 29.5. The Morgan fingerprint density at radius 3 is 2.50 bits per heavy atom. The van der Waals surface area contributed by atoms with Gasteiger partial charge in [-0.05, 0) is 61.1 Å². The first-order valence-electron chi connectivity index (χ1n) is 15.0. The maximum absolute atomic E-state index is 10.9. The number of carbonyl (C=O) groups is 1. The number of carboxylic acid groups (broad SMARTS) is 1. The van der Waals surface area contributed by atoms with E-state index in [2.05, 4.69) is 112 Å². The Labute approximate surface area is 249 Å². The molecule has 3 aromatic rings. The Hall–Kier alpha value is -3.72. The third-order valence-corrected chi connectivity index (χ3v) is 8.46. The van der Waals surface area contributed by atoms with Crippen LogP contribution in [0, 0.1) is 0 Å². The van der Waals surface area contributed by atoms with Gasteiger partial charge in [0, 0.05) is 44.7 Å². The van der Waals surface area contributed by atoms with E-state index in [1.165, 1.54) is 16.7 Å². The zero-order valence-electron chi connectivity index (χ0n) is 24.9. The molecule has 42 heavy (non-hydrogen) atoms. The second-order valence-electron chi connectivity index (χ2n) is 11.5. The molecule has 0 spiro atoms. The molecule has 1 unspecified atom stereocenters. The summed E-state index contributed by atoms with van der Waals surface area (Å²) in [6.07, 6.45) is 3.24. The van der Waals surface area contributed by atoms with Crippen molar-refractivity contribution in [3.8, 4) is 5.75 Å². The first-order valence-corrected chi connectivity index (χ1v) is 15.0.